The van der Waals surface area contributed by atoms with E-state index in [0.29, 0.717) is 43.2 Å². The first-order chi connectivity index (χ1) is 13.1. The lowest BCUT2D eigenvalue weighted by Gasteiger charge is -2.37. The van der Waals surface area contributed by atoms with Crippen LogP contribution in [-0.4, -0.2) is 31.6 Å². The predicted octanol–water partition coefficient (Wildman–Crippen LogP) is 3.01. The largest absolute Gasteiger partial charge is 0.482 e. The van der Waals surface area contributed by atoms with Crippen molar-refractivity contribution in [3.8, 4) is 5.75 Å². The average molecular weight is 366 g/mol. The molecule has 1 fully saturated rings. The number of fused-ring (bicyclic) bond motifs is 1. The maximum Gasteiger partial charge on any atom is 0.262 e. The van der Waals surface area contributed by atoms with Crippen LogP contribution in [0, 0.1) is 6.92 Å². The Hall–Kier alpha value is -2.86. The highest BCUT2D eigenvalue weighted by Gasteiger charge is 2.42. The summed E-state index contributed by atoms with van der Waals surface area (Å²) in [5, 5.41) is 5.81. The predicted molar refractivity (Wildman–Crippen MR) is 102 cm³/mol. The molecule has 1 saturated heterocycles. The molecule has 4 rings (SSSR count). The second kappa shape index (κ2) is 7.04. The highest BCUT2D eigenvalue weighted by molar-refractivity contribution is 6.01. The topological polar surface area (TPSA) is 76.7 Å². The number of carbonyl (C=O) groups excluding carboxylic acids is 2. The van der Waals surface area contributed by atoms with Crippen molar-refractivity contribution in [3.63, 3.8) is 0 Å². The molecule has 2 aliphatic heterocycles. The molecule has 140 valence electrons. The highest BCUT2D eigenvalue weighted by Crippen LogP contribution is 2.38. The summed E-state index contributed by atoms with van der Waals surface area (Å²) in [5.41, 5.74) is 2.71. The SMILES string of the molecule is Cc1ccccc1C1(C(=O)Nc2ccc3c(c2)NC(=O)CO3)CCOCC1. The maximum absolute atomic E-state index is 13.4. The van der Waals surface area contributed by atoms with Crippen molar-refractivity contribution in [2.75, 3.05) is 30.5 Å². The minimum absolute atomic E-state index is 0.00903. The van der Waals surface area contributed by atoms with Gasteiger partial charge in [-0.25, -0.2) is 0 Å². The van der Waals surface area contributed by atoms with Gasteiger partial charge < -0.3 is 20.1 Å². The van der Waals surface area contributed by atoms with Crippen molar-refractivity contribution in [2.45, 2.75) is 25.2 Å². The molecule has 0 aliphatic carbocycles. The molecule has 6 heteroatoms. The quantitative estimate of drug-likeness (QED) is 0.875. The summed E-state index contributed by atoms with van der Waals surface area (Å²) in [4.78, 5) is 24.9. The zero-order chi connectivity index (χ0) is 18.9. The molecular weight excluding hydrogens is 344 g/mol. The smallest absolute Gasteiger partial charge is 0.262 e. The lowest BCUT2D eigenvalue weighted by atomic mass is 9.71. The van der Waals surface area contributed by atoms with Gasteiger partial charge in [-0.1, -0.05) is 24.3 Å². The number of amides is 2. The van der Waals surface area contributed by atoms with Crippen LogP contribution in [0.1, 0.15) is 24.0 Å². The van der Waals surface area contributed by atoms with Gasteiger partial charge in [-0.15, -0.1) is 0 Å². The fourth-order valence-corrected chi connectivity index (χ4v) is 3.86. The van der Waals surface area contributed by atoms with Crippen LogP contribution in [0.25, 0.3) is 0 Å². The molecule has 6 nitrogen and oxygen atoms in total. The molecule has 0 radical (unpaired) electrons. The van der Waals surface area contributed by atoms with E-state index < -0.39 is 5.41 Å². The highest BCUT2D eigenvalue weighted by atomic mass is 16.5. The van der Waals surface area contributed by atoms with Gasteiger partial charge in [0.2, 0.25) is 5.91 Å². The molecule has 2 N–H and O–H groups in total. The summed E-state index contributed by atoms with van der Waals surface area (Å²) in [7, 11) is 0. The molecule has 0 spiro atoms. The lowest BCUT2D eigenvalue weighted by Crippen LogP contribution is -2.45. The number of aryl methyl sites for hydroxylation is 1. The number of nitrogens with one attached hydrogen (secondary N) is 2. The number of benzene rings is 2. The van der Waals surface area contributed by atoms with Gasteiger partial charge in [-0.2, -0.15) is 0 Å². The monoisotopic (exact) mass is 366 g/mol. The number of carbonyl (C=O) groups is 2. The molecule has 27 heavy (non-hydrogen) atoms. The van der Waals surface area contributed by atoms with Gasteiger partial charge in [0.25, 0.3) is 5.91 Å². The van der Waals surface area contributed by atoms with Gasteiger partial charge in [-0.05, 0) is 49.1 Å². The van der Waals surface area contributed by atoms with E-state index >= 15 is 0 Å². The van der Waals surface area contributed by atoms with Crippen LogP contribution in [-0.2, 0) is 19.7 Å². The van der Waals surface area contributed by atoms with E-state index in [9.17, 15) is 9.59 Å². The van der Waals surface area contributed by atoms with E-state index in [2.05, 4.69) is 10.6 Å². The minimum atomic E-state index is -0.626. The van der Waals surface area contributed by atoms with Gasteiger partial charge >= 0.3 is 0 Å². The molecule has 0 bridgehead atoms. The van der Waals surface area contributed by atoms with Crippen LogP contribution in [0.5, 0.6) is 5.75 Å². The summed E-state index contributed by atoms with van der Waals surface area (Å²) >= 11 is 0. The summed E-state index contributed by atoms with van der Waals surface area (Å²) in [6, 6.07) is 13.3. The van der Waals surface area contributed by atoms with Crippen molar-refractivity contribution in [1.82, 2.24) is 0 Å². The molecule has 2 aliphatic rings. The number of rotatable bonds is 3. The van der Waals surface area contributed by atoms with Crippen LogP contribution in [0.3, 0.4) is 0 Å². The van der Waals surface area contributed by atoms with E-state index in [1.807, 2.05) is 31.2 Å². The van der Waals surface area contributed by atoms with Crippen molar-refractivity contribution < 1.29 is 19.1 Å². The van der Waals surface area contributed by atoms with Crippen molar-refractivity contribution >= 4 is 23.2 Å². The van der Waals surface area contributed by atoms with Gasteiger partial charge in [0.1, 0.15) is 5.75 Å². The Morgan fingerprint density at radius 2 is 1.93 bits per heavy atom. The van der Waals surface area contributed by atoms with E-state index in [1.165, 1.54) is 0 Å². The zero-order valence-electron chi connectivity index (χ0n) is 15.2. The van der Waals surface area contributed by atoms with Crippen LogP contribution in [0.4, 0.5) is 11.4 Å². The number of hydrogen-bond donors (Lipinski definition) is 2. The third-order valence-electron chi connectivity index (χ3n) is 5.31. The van der Waals surface area contributed by atoms with Crippen molar-refractivity contribution in [3.05, 3.63) is 53.6 Å². The number of ether oxygens (including phenoxy) is 2. The van der Waals surface area contributed by atoms with Gasteiger partial charge in [0.15, 0.2) is 6.61 Å². The Kier molecular flexibility index (Phi) is 4.58. The van der Waals surface area contributed by atoms with E-state index in [-0.39, 0.29) is 18.4 Å². The molecule has 2 amide bonds. The summed E-state index contributed by atoms with van der Waals surface area (Å²) in [5.74, 6) is 0.349. The maximum atomic E-state index is 13.4. The first kappa shape index (κ1) is 17.5. The Bertz CT molecular complexity index is 888. The lowest BCUT2D eigenvalue weighted by molar-refractivity contribution is -0.125. The van der Waals surface area contributed by atoms with Gasteiger partial charge in [0, 0.05) is 18.9 Å². The molecule has 0 unspecified atom stereocenters. The first-order valence-electron chi connectivity index (χ1n) is 9.10. The van der Waals surface area contributed by atoms with Crippen LogP contribution in [0.2, 0.25) is 0 Å². The van der Waals surface area contributed by atoms with E-state index in [1.54, 1.807) is 18.2 Å². The standard InChI is InChI=1S/C21H22N2O4/c1-14-4-2-3-5-16(14)21(8-10-26-11-9-21)20(25)22-15-6-7-18-17(12-15)23-19(24)13-27-18/h2-7,12H,8-11,13H2,1H3,(H,22,25)(H,23,24). The molecular formula is C21H22N2O4. The number of anilines is 2. The van der Waals surface area contributed by atoms with E-state index in [4.69, 9.17) is 9.47 Å². The Morgan fingerprint density at radius 1 is 1.15 bits per heavy atom. The van der Waals surface area contributed by atoms with Gasteiger partial charge in [-0.3, -0.25) is 9.59 Å². The molecule has 2 aromatic rings. The van der Waals surface area contributed by atoms with Gasteiger partial charge in [0.05, 0.1) is 11.1 Å². The van der Waals surface area contributed by atoms with Crippen molar-refractivity contribution in [2.24, 2.45) is 0 Å². The zero-order valence-corrected chi connectivity index (χ0v) is 15.2. The van der Waals surface area contributed by atoms with Crippen LogP contribution < -0.4 is 15.4 Å². The third kappa shape index (κ3) is 3.28. The van der Waals surface area contributed by atoms with E-state index in [0.717, 1.165) is 11.1 Å². The molecule has 2 heterocycles. The fraction of sp³-hybridized carbons (Fsp3) is 0.333. The average Bonchev–Trinajstić information content (AvgIpc) is 2.68. The summed E-state index contributed by atoms with van der Waals surface area (Å²) < 4.78 is 10.9. The van der Waals surface area contributed by atoms with Crippen LogP contribution >= 0.6 is 0 Å². The first-order valence-corrected chi connectivity index (χ1v) is 9.10. The van der Waals surface area contributed by atoms with Crippen LogP contribution in [0.15, 0.2) is 42.5 Å². The fourth-order valence-electron chi connectivity index (χ4n) is 3.86. The Labute approximate surface area is 157 Å². The Balaban J connectivity index is 1.64. The number of hydrogen-bond acceptors (Lipinski definition) is 4. The third-order valence-corrected chi connectivity index (χ3v) is 5.31. The molecule has 0 atom stereocenters. The summed E-state index contributed by atoms with van der Waals surface area (Å²) in [6.07, 6.45) is 1.27. The molecule has 0 saturated carbocycles. The second-order valence-corrected chi connectivity index (χ2v) is 7.01. The summed E-state index contributed by atoms with van der Waals surface area (Å²) in [6.45, 7) is 3.15. The Morgan fingerprint density at radius 3 is 2.70 bits per heavy atom. The second-order valence-electron chi connectivity index (χ2n) is 7.01. The molecule has 0 aromatic heterocycles. The van der Waals surface area contributed by atoms with Crippen molar-refractivity contribution in [1.29, 1.82) is 0 Å². The normalized spacial score (nSPS) is 18.0. The minimum Gasteiger partial charge on any atom is -0.482 e. The molecule has 2 aromatic carbocycles.